The number of hydrogen-bond donors (Lipinski definition) is 2. The number of hydrogen-bond acceptors (Lipinski definition) is 3. The minimum atomic E-state index is -0.0142. The predicted octanol–water partition coefficient (Wildman–Crippen LogP) is 4.22. The highest BCUT2D eigenvalue weighted by atomic mass is 32.2. The number of nitrogens with two attached hydrogens (primary N) is 1. The third kappa shape index (κ3) is 5.05. The van der Waals surface area contributed by atoms with Crippen LogP contribution in [0, 0.1) is 5.41 Å². The smallest absolute Gasteiger partial charge is 0.198 e. The molecule has 2 aromatic carbocycles. The van der Waals surface area contributed by atoms with E-state index in [1.165, 1.54) is 16.0 Å². The SMILES string of the molecule is CSc1ccccc1NC(=NCC(C)(C)CN)N1CCc2ccccc2C1. The van der Waals surface area contributed by atoms with E-state index in [0.29, 0.717) is 13.1 Å². The van der Waals surface area contributed by atoms with Gasteiger partial charge in [-0.25, -0.2) is 0 Å². The van der Waals surface area contributed by atoms with Gasteiger partial charge in [0.1, 0.15) is 0 Å². The van der Waals surface area contributed by atoms with Gasteiger partial charge < -0.3 is 16.0 Å². The molecular formula is C22H30N4S. The third-order valence-corrected chi connectivity index (χ3v) is 5.79. The summed E-state index contributed by atoms with van der Waals surface area (Å²) in [4.78, 5) is 8.55. The quantitative estimate of drug-likeness (QED) is 0.462. The van der Waals surface area contributed by atoms with Crippen LogP contribution in [0.2, 0.25) is 0 Å². The third-order valence-electron chi connectivity index (χ3n) is 4.99. The molecule has 144 valence electrons. The number of para-hydroxylation sites is 1. The summed E-state index contributed by atoms with van der Waals surface area (Å²) in [6.07, 6.45) is 3.15. The van der Waals surface area contributed by atoms with Crippen LogP contribution in [0.5, 0.6) is 0 Å². The highest BCUT2D eigenvalue weighted by Crippen LogP contribution is 2.26. The minimum absolute atomic E-state index is 0.0142. The van der Waals surface area contributed by atoms with Crippen LogP contribution >= 0.6 is 11.8 Å². The highest BCUT2D eigenvalue weighted by Gasteiger charge is 2.21. The topological polar surface area (TPSA) is 53.6 Å². The van der Waals surface area contributed by atoms with E-state index in [2.05, 4.69) is 78.9 Å². The van der Waals surface area contributed by atoms with Crippen LogP contribution in [-0.2, 0) is 13.0 Å². The Morgan fingerprint density at radius 3 is 2.59 bits per heavy atom. The Kier molecular flexibility index (Phi) is 6.45. The zero-order valence-corrected chi connectivity index (χ0v) is 17.4. The number of aliphatic imine (C=N–C) groups is 1. The fourth-order valence-electron chi connectivity index (χ4n) is 3.12. The Balaban J connectivity index is 1.87. The first-order valence-corrected chi connectivity index (χ1v) is 10.7. The van der Waals surface area contributed by atoms with E-state index in [1.807, 2.05) is 0 Å². The lowest BCUT2D eigenvalue weighted by Gasteiger charge is -2.33. The molecule has 27 heavy (non-hydrogen) atoms. The second-order valence-corrected chi connectivity index (χ2v) is 8.62. The van der Waals surface area contributed by atoms with E-state index in [0.717, 1.165) is 31.2 Å². The average molecular weight is 383 g/mol. The zero-order chi connectivity index (χ0) is 19.3. The van der Waals surface area contributed by atoms with Crippen molar-refractivity contribution in [2.45, 2.75) is 31.7 Å². The predicted molar refractivity (Wildman–Crippen MR) is 118 cm³/mol. The number of nitrogens with zero attached hydrogens (tertiary/aromatic N) is 2. The standard InChI is InChI=1S/C22H30N4S/c1-22(2,15-23)16-24-21(25-19-10-6-7-11-20(19)27-3)26-13-12-17-8-4-5-9-18(17)14-26/h4-11H,12-16,23H2,1-3H3,(H,24,25). The van der Waals surface area contributed by atoms with Gasteiger partial charge in [-0.2, -0.15) is 0 Å². The van der Waals surface area contributed by atoms with Gasteiger partial charge in [0.05, 0.1) is 5.69 Å². The lowest BCUT2D eigenvalue weighted by Crippen LogP contribution is -2.41. The molecule has 3 rings (SSSR count). The fraction of sp³-hybridized carbons (Fsp3) is 0.409. The Labute approximate surface area is 167 Å². The van der Waals surface area contributed by atoms with Gasteiger partial charge in [-0.15, -0.1) is 11.8 Å². The minimum Gasteiger partial charge on any atom is -0.338 e. The summed E-state index contributed by atoms with van der Waals surface area (Å²) < 4.78 is 0. The van der Waals surface area contributed by atoms with E-state index in [9.17, 15) is 0 Å². The molecule has 0 saturated carbocycles. The molecule has 1 aliphatic heterocycles. The van der Waals surface area contributed by atoms with Crippen molar-refractivity contribution >= 4 is 23.4 Å². The van der Waals surface area contributed by atoms with Crippen molar-refractivity contribution in [2.75, 3.05) is 31.2 Å². The van der Waals surface area contributed by atoms with E-state index >= 15 is 0 Å². The van der Waals surface area contributed by atoms with Crippen molar-refractivity contribution in [1.29, 1.82) is 0 Å². The maximum atomic E-state index is 5.93. The molecule has 4 nitrogen and oxygen atoms in total. The molecule has 0 aromatic heterocycles. The van der Waals surface area contributed by atoms with Crippen LogP contribution in [-0.4, -0.2) is 36.7 Å². The maximum absolute atomic E-state index is 5.93. The summed E-state index contributed by atoms with van der Waals surface area (Å²) in [7, 11) is 0. The van der Waals surface area contributed by atoms with Crippen LogP contribution in [0.3, 0.4) is 0 Å². The first-order chi connectivity index (χ1) is 13.0. The summed E-state index contributed by atoms with van der Waals surface area (Å²) in [5.41, 5.74) is 9.84. The van der Waals surface area contributed by atoms with Crippen molar-refractivity contribution in [3.05, 3.63) is 59.7 Å². The fourth-order valence-corrected chi connectivity index (χ4v) is 3.67. The number of fused-ring (bicyclic) bond motifs is 1. The van der Waals surface area contributed by atoms with Crippen LogP contribution < -0.4 is 11.1 Å². The Morgan fingerprint density at radius 1 is 1.15 bits per heavy atom. The lowest BCUT2D eigenvalue weighted by atomic mass is 9.94. The lowest BCUT2D eigenvalue weighted by molar-refractivity contribution is 0.371. The second kappa shape index (κ2) is 8.81. The molecule has 3 N–H and O–H groups in total. The normalized spacial score (nSPS) is 14.8. The largest absolute Gasteiger partial charge is 0.338 e. The van der Waals surface area contributed by atoms with Crippen LogP contribution in [0.25, 0.3) is 0 Å². The first-order valence-electron chi connectivity index (χ1n) is 9.49. The monoisotopic (exact) mass is 382 g/mol. The molecule has 0 radical (unpaired) electrons. The number of nitrogens with one attached hydrogen (secondary N) is 1. The molecule has 5 heteroatoms. The van der Waals surface area contributed by atoms with Crippen molar-refractivity contribution in [1.82, 2.24) is 4.90 Å². The van der Waals surface area contributed by atoms with Gasteiger partial charge in [-0.3, -0.25) is 4.99 Å². The molecular weight excluding hydrogens is 352 g/mol. The Bertz CT molecular complexity index is 800. The summed E-state index contributed by atoms with van der Waals surface area (Å²) >= 11 is 1.74. The molecule has 0 bridgehead atoms. The highest BCUT2D eigenvalue weighted by molar-refractivity contribution is 7.98. The maximum Gasteiger partial charge on any atom is 0.198 e. The van der Waals surface area contributed by atoms with Crippen molar-refractivity contribution in [3.63, 3.8) is 0 Å². The van der Waals surface area contributed by atoms with Crippen molar-refractivity contribution in [2.24, 2.45) is 16.1 Å². The van der Waals surface area contributed by atoms with E-state index in [-0.39, 0.29) is 5.41 Å². The molecule has 0 saturated heterocycles. The number of rotatable bonds is 5. The number of thioether (sulfide) groups is 1. The van der Waals surface area contributed by atoms with Gasteiger partial charge in [-0.05, 0) is 47.9 Å². The molecule has 1 aliphatic rings. The molecule has 0 fully saturated rings. The number of guanidine groups is 1. The molecule has 2 aromatic rings. The van der Waals surface area contributed by atoms with Gasteiger partial charge in [-0.1, -0.05) is 50.2 Å². The average Bonchev–Trinajstić information content (AvgIpc) is 2.71. The summed E-state index contributed by atoms with van der Waals surface area (Å²) in [5.74, 6) is 0.938. The number of anilines is 1. The van der Waals surface area contributed by atoms with Crippen LogP contribution in [0.1, 0.15) is 25.0 Å². The van der Waals surface area contributed by atoms with Gasteiger partial charge in [0, 0.05) is 24.5 Å². The molecule has 0 amide bonds. The van der Waals surface area contributed by atoms with Gasteiger partial charge >= 0.3 is 0 Å². The second-order valence-electron chi connectivity index (χ2n) is 7.77. The molecule has 0 spiro atoms. The zero-order valence-electron chi connectivity index (χ0n) is 16.5. The number of benzene rings is 2. The van der Waals surface area contributed by atoms with Crippen LogP contribution in [0.4, 0.5) is 5.69 Å². The summed E-state index contributed by atoms with van der Waals surface area (Å²) in [6.45, 7) is 7.49. The molecule has 0 aliphatic carbocycles. The van der Waals surface area contributed by atoms with Crippen molar-refractivity contribution in [3.8, 4) is 0 Å². The molecule has 0 unspecified atom stereocenters. The van der Waals surface area contributed by atoms with Crippen molar-refractivity contribution < 1.29 is 0 Å². The Hall–Kier alpha value is -1.98. The molecule has 1 heterocycles. The first kappa shape index (κ1) is 19.8. The molecule has 0 atom stereocenters. The van der Waals surface area contributed by atoms with Crippen LogP contribution in [0.15, 0.2) is 58.4 Å². The van der Waals surface area contributed by atoms with E-state index in [4.69, 9.17) is 10.7 Å². The van der Waals surface area contributed by atoms with E-state index in [1.54, 1.807) is 11.8 Å². The summed E-state index contributed by atoms with van der Waals surface area (Å²) in [6, 6.07) is 17.1. The Morgan fingerprint density at radius 2 is 1.85 bits per heavy atom. The van der Waals surface area contributed by atoms with Gasteiger partial charge in [0.15, 0.2) is 5.96 Å². The van der Waals surface area contributed by atoms with Gasteiger partial charge in [0.25, 0.3) is 0 Å². The van der Waals surface area contributed by atoms with E-state index < -0.39 is 0 Å². The van der Waals surface area contributed by atoms with Gasteiger partial charge in [0.2, 0.25) is 0 Å². The summed E-state index contributed by atoms with van der Waals surface area (Å²) in [5, 5.41) is 3.61.